The molecule has 1 N–H and O–H groups in total. The zero-order valence-corrected chi connectivity index (χ0v) is 22.6. The molecule has 3 aromatic rings. The van der Waals surface area contributed by atoms with E-state index in [0.29, 0.717) is 33.4 Å². The molecule has 3 heterocycles. The van der Waals surface area contributed by atoms with Crippen molar-refractivity contribution in [1.82, 2.24) is 14.8 Å². The van der Waals surface area contributed by atoms with Crippen LogP contribution in [0.15, 0.2) is 48.5 Å². The Balaban J connectivity index is 1.20. The second kappa shape index (κ2) is 11.6. The van der Waals surface area contributed by atoms with E-state index in [1.165, 1.54) is 5.56 Å². The molecule has 0 unspecified atom stereocenters. The number of para-hydroxylation sites is 1. The van der Waals surface area contributed by atoms with E-state index in [1.54, 1.807) is 13.2 Å². The number of likely N-dealkylation sites (tertiary alicyclic amines) is 2. The van der Waals surface area contributed by atoms with E-state index < -0.39 is 0 Å². The quantitative estimate of drug-likeness (QED) is 0.457. The maximum atomic E-state index is 13.5. The highest BCUT2D eigenvalue weighted by Crippen LogP contribution is 2.32. The van der Waals surface area contributed by atoms with Crippen molar-refractivity contribution in [2.75, 3.05) is 39.9 Å². The van der Waals surface area contributed by atoms with E-state index >= 15 is 0 Å². The fraction of sp³-hybridized carbons (Fsp3) is 0.448. The zero-order chi connectivity index (χ0) is 25.9. The number of ether oxygens (including phenoxy) is 1. The lowest BCUT2D eigenvalue weighted by atomic mass is 9.80. The number of fused-ring (bicyclic) bond motifs is 1. The van der Waals surface area contributed by atoms with Crippen LogP contribution in [-0.4, -0.2) is 71.7 Å². The Morgan fingerprint density at radius 1 is 1.03 bits per heavy atom. The highest BCUT2D eigenvalue weighted by molar-refractivity contribution is 6.42. The lowest BCUT2D eigenvalue weighted by Crippen LogP contribution is -2.52. The molecule has 2 atom stereocenters. The molecule has 2 aliphatic rings. The van der Waals surface area contributed by atoms with E-state index in [0.717, 1.165) is 62.8 Å². The van der Waals surface area contributed by atoms with Gasteiger partial charge in [-0.25, -0.2) is 4.98 Å². The van der Waals surface area contributed by atoms with Crippen molar-refractivity contribution in [3.05, 3.63) is 69.7 Å². The van der Waals surface area contributed by atoms with Gasteiger partial charge >= 0.3 is 0 Å². The minimum Gasteiger partial charge on any atom is -0.481 e. The topological polar surface area (TPSA) is 65.9 Å². The number of nitrogens with zero attached hydrogens (tertiary/aromatic N) is 3. The Morgan fingerprint density at radius 3 is 2.54 bits per heavy atom. The number of aliphatic hydroxyl groups excluding tert-OH is 1. The molecule has 2 aliphatic heterocycles. The summed E-state index contributed by atoms with van der Waals surface area (Å²) in [5.74, 6) is 1.12. The molecule has 6 nitrogen and oxygen atoms in total. The van der Waals surface area contributed by atoms with Crippen LogP contribution < -0.4 is 4.74 Å². The number of hydrogen-bond donors (Lipinski definition) is 1. The molecule has 1 aromatic heterocycles. The second-order valence-corrected chi connectivity index (χ2v) is 11.0. The molecular formula is C29H33Cl2N3O3. The third kappa shape index (κ3) is 5.73. The SMILES string of the molecule is COc1cc(C(=O)N2CCC(N3CC[C@H](Cc4ccc(Cl)c(Cl)c4)[C@H](CO)C3)CC2)c2ccccc2n1. The Kier molecular flexibility index (Phi) is 8.20. The van der Waals surface area contributed by atoms with Gasteiger partial charge in [-0.15, -0.1) is 0 Å². The van der Waals surface area contributed by atoms with Crippen LogP contribution in [0.4, 0.5) is 0 Å². The number of benzene rings is 2. The van der Waals surface area contributed by atoms with Crippen molar-refractivity contribution in [2.45, 2.75) is 31.7 Å². The molecule has 0 bridgehead atoms. The predicted octanol–water partition coefficient (Wildman–Crippen LogP) is 5.33. The van der Waals surface area contributed by atoms with Crippen LogP contribution in [0.5, 0.6) is 5.88 Å². The highest BCUT2D eigenvalue weighted by Gasteiger charge is 2.34. The van der Waals surface area contributed by atoms with Gasteiger partial charge in [-0.3, -0.25) is 9.69 Å². The van der Waals surface area contributed by atoms with Gasteiger partial charge in [-0.1, -0.05) is 47.5 Å². The molecule has 2 aromatic carbocycles. The van der Waals surface area contributed by atoms with Gasteiger partial charge in [0.1, 0.15) is 0 Å². The molecule has 2 saturated heterocycles. The highest BCUT2D eigenvalue weighted by atomic mass is 35.5. The summed E-state index contributed by atoms with van der Waals surface area (Å²) in [7, 11) is 1.57. The second-order valence-electron chi connectivity index (χ2n) is 10.2. The number of piperidine rings is 2. The largest absolute Gasteiger partial charge is 0.481 e. The molecule has 5 rings (SSSR count). The number of pyridine rings is 1. The summed E-state index contributed by atoms with van der Waals surface area (Å²) < 4.78 is 5.35. The fourth-order valence-corrected chi connectivity index (χ4v) is 6.24. The van der Waals surface area contributed by atoms with Gasteiger partial charge in [0.2, 0.25) is 5.88 Å². The molecule has 1 amide bonds. The van der Waals surface area contributed by atoms with Crippen LogP contribution in [-0.2, 0) is 6.42 Å². The molecular weight excluding hydrogens is 509 g/mol. The lowest BCUT2D eigenvalue weighted by Gasteiger charge is -2.44. The predicted molar refractivity (Wildman–Crippen MR) is 148 cm³/mol. The third-order valence-corrected chi connectivity index (χ3v) is 8.78. The van der Waals surface area contributed by atoms with E-state index in [4.69, 9.17) is 27.9 Å². The number of aromatic nitrogens is 1. The van der Waals surface area contributed by atoms with Crippen LogP contribution in [0.3, 0.4) is 0 Å². The smallest absolute Gasteiger partial charge is 0.254 e. The summed E-state index contributed by atoms with van der Waals surface area (Å²) in [5.41, 5.74) is 2.57. The average molecular weight is 543 g/mol. The lowest BCUT2D eigenvalue weighted by molar-refractivity contribution is 0.0242. The fourth-order valence-electron chi connectivity index (χ4n) is 5.92. The standard InChI is InChI=1S/C29H33Cl2N3O3/c1-37-28-16-24(23-4-2-3-5-27(23)32-28)29(36)33-12-9-22(10-13-33)34-11-8-20(21(17-34)18-35)14-19-6-7-25(30)26(31)15-19/h2-7,15-16,20-22,35H,8-14,17-18H2,1H3/t20-,21+/m1/s1. The minimum atomic E-state index is 0.0314. The normalized spacial score (nSPS) is 21.4. The number of methoxy groups -OCH3 is 1. The van der Waals surface area contributed by atoms with Crippen LogP contribution in [0.25, 0.3) is 10.9 Å². The molecule has 0 spiro atoms. The monoisotopic (exact) mass is 541 g/mol. The zero-order valence-electron chi connectivity index (χ0n) is 21.1. The Bertz CT molecular complexity index is 1260. The number of carbonyl (C=O) groups is 1. The molecule has 8 heteroatoms. The summed E-state index contributed by atoms with van der Waals surface area (Å²) in [6.45, 7) is 3.50. The first-order valence-electron chi connectivity index (χ1n) is 13.0. The van der Waals surface area contributed by atoms with Crippen molar-refractivity contribution in [2.24, 2.45) is 11.8 Å². The van der Waals surface area contributed by atoms with E-state index in [9.17, 15) is 9.90 Å². The van der Waals surface area contributed by atoms with Gasteiger partial charge in [0.25, 0.3) is 5.91 Å². The Morgan fingerprint density at radius 2 is 1.81 bits per heavy atom. The van der Waals surface area contributed by atoms with Crippen LogP contribution >= 0.6 is 23.2 Å². The first kappa shape index (κ1) is 26.2. The minimum absolute atomic E-state index is 0.0314. The van der Waals surface area contributed by atoms with Crippen LogP contribution in [0, 0.1) is 11.8 Å². The average Bonchev–Trinajstić information content (AvgIpc) is 2.94. The summed E-state index contributed by atoms with van der Waals surface area (Å²) in [4.78, 5) is 22.5. The number of hydrogen-bond acceptors (Lipinski definition) is 5. The first-order chi connectivity index (χ1) is 18.0. The molecule has 2 fully saturated rings. The first-order valence-corrected chi connectivity index (χ1v) is 13.7. The summed E-state index contributed by atoms with van der Waals surface area (Å²) in [5, 5.41) is 12.2. The van der Waals surface area contributed by atoms with Gasteiger partial charge < -0.3 is 14.7 Å². The Hall–Kier alpha value is -2.38. The maximum Gasteiger partial charge on any atom is 0.254 e. The molecule has 37 heavy (non-hydrogen) atoms. The summed E-state index contributed by atoms with van der Waals surface area (Å²) in [6, 6.07) is 15.7. The molecule has 0 aliphatic carbocycles. The number of rotatable bonds is 6. The molecule has 0 saturated carbocycles. The number of halogens is 2. The molecule has 0 radical (unpaired) electrons. The van der Waals surface area contributed by atoms with Crippen molar-refractivity contribution < 1.29 is 14.6 Å². The van der Waals surface area contributed by atoms with Crippen LogP contribution in [0.2, 0.25) is 10.0 Å². The van der Waals surface area contributed by atoms with E-state index in [-0.39, 0.29) is 18.4 Å². The number of carbonyl (C=O) groups excluding carboxylic acids is 1. The third-order valence-electron chi connectivity index (χ3n) is 8.04. The van der Waals surface area contributed by atoms with Crippen molar-refractivity contribution in [3.8, 4) is 5.88 Å². The summed E-state index contributed by atoms with van der Waals surface area (Å²) in [6.07, 6.45) is 3.79. The van der Waals surface area contributed by atoms with Crippen molar-refractivity contribution >= 4 is 40.0 Å². The maximum absolute atomic E-state index is 13.5. The van der Waals surface area contributed by atoms with Gasteiger partial charge in [0.05, 0.1) is 28.2 Å². The van der Waals surface area contributed by atoms with Gasteiger partial charge in [0.15, 0.2) is 0 Å². The Labute approximate surface area is 228 Å². The number of amides is 1. The van der Waals surface area contributed by atoms with Gasteiger partial charge in [0, 0.05) is 43.7 Å². The van der Waals surface area contributed by atoms with E-state index in [2.05, 4.69) is 9.88 Å². The number of aliphatic hydroxyl groups is 1. The summed E-state index contributed by atoms with van der Waals surface area (Å²) >= 11 is 12.3. The van der Waals surface area contributed by atoms with Crippen LogP contribution in [0.1, 0.15) is 35.2 Å². The van der Waals surface area contributed by atoms with Gasteiger partial charge in [-0.05, 0) is 67.8 Å². The molecule has 196 valence electrons. The van der Waals surface area contributed by atoms with Gasteiger partial charge in [-0.2, -0.15) is 0 Å². The van der Waals surface area contributed by atoms with Crippen molar-refractivity contribution in [1.29, 1.82) is 0 Å². The van der Waals surface area contributed by atoms with Crippen molar-refractivity contribution in [3.63, 3.8) is 0 Å². The van der Waals surface area contributed by atoms with E-state index in [1.807, 2.05) is 47.4 Å².